The Bertz CT molecular complexity index is 567. The molecule has 1 N–H and O–H groups in total. The predicted molar refractivity (Wildman–Crippen MR) is 81.1 cm³/mol. The van der Waals surface area contributed by atoms with Crippen molar-refractivity contribution in [1.82, 2.24) is 4.90 Å². The summed E-state index contributed by atoms with van der Waals surface area (Å²) in [5.74, 6) is 0.971. The van der Waals surface area contributed by atoms with Gasteiger partial charge in [0.05, 0.1) is 12.2 Å². The minimum absolute atomic E-state index is 0.0160. The van der Waals surface area contributed by atoms with E-state index in [4.69, 9.17) is 4.74 Å². The highest BCUT2D eigenvalue weighted by atomic mass is 16.5. The first kappa shape index (κ1) is 14.1. The summed E-state index contributed by atoms with van der Waals surface area (Å²) >= 11 is 0. The molecule has 1 aromatic rings. The van der Waals surface area contributed by atoms with Gasteiger partial charge in [0, 0.05) is 25.6 Å². The van der Waals surface area contributed by atoms with Gasteiger partial charge in [0.15, 0.2) is 0 Å². The second-order valence-electron chi connectivity index (χ2n) is 6.12. The lowest BCUT2D eigenvalue weighted by atomic mass is 9.94. The van der Waals surface area contributed by atoms with Crippen LogP contribution < -0.4 is 4.74 Å². The summed E-state index contributed by atoms with van der Waals surface area (Å²) in [6.45, 7) is 3.81. The SMILES string of the molecule is CC1(O)CCN(C(=O)/C=C/c2ccc3c(c2)CCO3)CC1. The maximum Gasteiger partial charge on any atom is 0.246 e. The number of amides is 1. The quantitative estimate of drug-likeness (QED) is 0.847. The number of nitrogens with zero attached hydrogens (tertiary/aromatic N) is 1. The van der Waals surface area contributed by atoms with E-state index in [1.165, 1.54) is 5.56 Å². The van der Waals surface area contributed by atoms with Crippen LogP contribution in [-0.4, -0.2) is 41.2 Å². The number of likely N-dealkylation sites (tertiary alicyclic amines) is 1. The average Bonchev–Trinajstić information content (AvgIpc) is 2.92. The fraction of sp³-hybridized carbons (Fsp3) is 0.471. The Kier molecular flexibility index (Phi) is 3.72. The van der Waals surface area contributed by atoms with Gasteiger partial charge in [-0.15, -0.1) is 0 Å². The Balaban J connectivity index is 1.62. The maximum absolute atomic E-state index is 12.1. The van der Waals surface area contributed by atoms with E-state index in [-0.39, 0.29) is 5.91 Å². The van der Waals surface area contributed by atoms with Crippen molar-refractivity contribution in [2.24, 2.45) is 0 Å². The molecule has 3 rings (SSSR count). The molecule has 2 aliphatic rings. The largest absolute Gasteiger partial charge is 0.493 e. The molecule has 0 radical (unpaired) electrons. The first-order valence-corrected chi connectivity index (χ1v) is 7.49. The Morgan fingerprint density at radius 3 is 2.90 bits per heavy atom. The van der Waals surface area contributed by atoms with Crippen molar-refractivity contribution in [3.05, 3.63) is 35.4 Å². The number of hydrogen-bond acceptors (Lipinski definition) is 3. The summed E-state index contributed by atoms with van der Waals surface area (Å²) in [4.78, 5) is 13.9. The molecule has 2 heterocycles. The predicted octanol–water partition coefficient (Wildman–Crippen LogP) is 2.01. The van der Waals surface area contributed by atoms with E-state index >= 15 is 0 Å². The topological polar surface area (TPSA) is 49.8 Å². The number of carbonyl (C=O) groups is 1. The number of carbonyl (C=O) groups excluding carboxylic acids is 1. The zero-order valence-corrected chi connectivity index (χ0v) is 12.3. The summed E-state index contributed by atoms with van der Waals surface area (Å²) in [5, 5.41) is 9.90. The molecule has 0 aromatic heterocycles. The van der Waals surface area contributed by atoms with E-state index in [9.17, 15) is 9.90 Å². The number of fused-ring (bicyclic) bond motifs is 1. The van der Waals surface area contributed by atoms with Gasteiger partial charge in [-0.3, -0.25) is 4.79 Å². The van der Waals surface area contributed by atoms with E-state index in [1.54, 1.807) is 11.0 Å². The monoisotopic (exact) mass is 287 g/mol. The molecule has 112 valence electrons. The number of hydrogen-bond donors (Lipinski definition) is 1. The van der Waals surface area contributed by atoms with Crippen LogP contribution in [0.15, 0.2) is 24.3 Å². The fourth-order valence-corrected chi connectivity index (χ4v) is 2.79. The van der Waals surface area contributed by atoms with Crippen LogP contribution in [0.2, 0.25) is 0 Å². The highest BCUT2D eigenvalue weighted by Crippen LogP contribution is 2.26. The van der Waals surface area contributed by atoms with Gasteiger partial charge >= 0.3 is 0 Å². The van der Waals surface area contributed by atoms with Gasteiger partial charge in [-0.2, -0.15) is 0 Å². The van der Waals surface area contributed by atoms with Crippen LogP contribution in [0.25, 0.3) is 6.08 Å². The van der Waals surface area contributed by atoms with Gasteiger partial charge in [-0.25, -0.2) is 0 Å². The van der Waals surface area contributed by atoms with Crippen LogP contribution in [-0.2, 0) is 11.2 Å². The van der Waals surface area contributed by atoms with Gasteiger partial charge in [0.25, 0.3) is 0 Å². The average molecular weight is 287 g/mol. The Morgan fingerprint density at radius 2 is 2.14 bits per heavy atom. The van der Waals surface area contributed by atoms with E-state index in [2.05, 4.69) is 6.07 Å². The molecule has 0 aliphatic carbocycles. The van der Waals surface area contributed by atoms with Crippen molar-refractivity contribution in [3.8, 4) is 5.75 Å². The first-order chi connectivity index (χ1) is 10.0. The zero-order valence-electron chi connectivity index (χ0n) is 12.3. The van der Waals surface area contributed by atoms with Crippen LogP contribution in [0.5, 0.6) is 5.75 Å². The number of benzene rings is 1. The summed E-state index contributed by atoms with van der Waals surface area (Å²) < 4.78 is 5.47. The zero-order chi connectivity index (χ0) is 14.9. The third-order valence-corrected chi connectivity index (χ3v) is 4.28. The second kappa shape index (κ2) is 5.53. The van der Waals surface area contributed by atoms with Crippen molar-refractivity contribution in [2.45, 2.75) is 31.8 Å². The lowest BCUT2D eigenvalue weighted by Crippen LogP contribution is -2.44. The minimum Gasteiger partial charge on any atom is -0.493 e. The van der Waals surface area contributed by atoms with Crippen LogP contribution >= 0.6 is 0 Å². The number of rotatable bonds is 2. The van der Waals surface area contributed by atoms with Crippen LogP contribution in [0.3, 0.4) is 0 Å². The molecular formula is C17H21NO3. The van der Waals surface area contributed by atoms with E-state index < -0.39 is 5.60 Å². The van der Waals surface area contributed by atoms with Crippen molar-refractivity contribution >= 4 is 12.0 Å². The second-order valence-corrected chi connectivity index (χ2v) is 6.12. The van der Waals surface area contributed by atoms with E-state index in [0.29, 0.717) is 25.9 Å². The Labute approximate surface area is 125 Å². The summed E-state index contributed by atoms with van der Waals surface area (Å²) in [7, 11) is 0. The molecule has 0 atom stereocenters. The Hall–Kier alpha value is -1.81. The number of aliphatic hydroxyl groups is 1. The molecule has 4 nitrogen and oxygen atoms in total. The smallest absolute Gasteiger partial charge is 0.246 e. The van der Waals surface area contributed by atoms with Crippen LogP contribution in [0.4, 0.5) is 0 Å². The van der Waals surface area contributed by atoms with Crippen molar-refractivity contribution in [1.29, 1.82) is 0 Å². The van der Waals surface area contributed by atoms with E-state index in [0.717, 1.165) is 24.3 Å². The minimum atomic E-state index is -0.625. The molecule has 1 saturated heterocycles. The molecule has 1 amide bonds. The van der Waals surface area contributed by atoms with Crippen LogP contribution in [0, 0.1) is 0 Å². The maximum atomic E-state index is 12.1. The van der Waals surface area contributed by atoms with Gasteiger partial charge in [0.2, 0.25) is 5.91 Å². The van der Waals surface area contributed by atoms with Gasteiger partial charge in [-0.05, 0) is 49.1 Å². The normalized spacial score (nSPS) is 20.4. The van der Waals surface area contributed by atoms with Crippen molar-refractivity contribution < 1.29 is 14.6 Å². The molecular weight excluding hydrogens is 266 g/mol. The molecule has 0 bridgehead atoms. The molecule has 4 heteroatoms. The van der Waals surface area contributed by atoms with Gasteiger partial charge < -0.3 is 14.7 Å². The lowest BCUT2D eigenvalue weighted by molar-refractivity contribution is -0.129. The fourth-order valence-electron chi connectivity index (χ4n) is 2.79. The van der Waals surface area contributed by atoms with Crippen molar-refractivity contribution in [2.75, 3.05) is 19.7 Å². The summed E-state index contributed by atoms with van der Waals surface area (Å²) in [6.07, 6.45) is 5.70. The third-order valence-electron chi connectivity index (χ3n) is 4.28. The molecule has 2 aliphatic heterocycles. The van der Waals surface area contributed by atoms with Crippen LogP contribution in [0.1, 0.15) is 30.9 Å². The third kappa shape index (κ3) is 3.27. The van der Waals surface area contributed by atoms with Gasteiger partial charge in [-0.1, -0.05) is 6.07 Å². The lowest BCUT2D eigenvalue weighted by Gasteiger charge is -2.35. The highest BCUT2D eigenvalue weighted by molar-refractivity contribution is 5.91. The number of piperidine rings is 1. The Morgan fingerprint density at radius 1 is 1.38 bits per heavy atom. The standard InChI is InChI=1S/C17H21NO3/c1-17(20)7-9-18(10-8-17)16(19)5-3-13-2-4-15-14(12-13)6-11-21-15/h2-5,12,20H,6-11H2,1H3/b5-3+. The van der Waals surface area contributed by atoms with Crippen molar-refractivity contribution in [3.63, 3.8) is 0 Å². The highest BCUT2D eigenvalue weighted by Gasteiger charge is 2.28. The molecule has 0 unspecified atom stereocenters. The first-order valence-electron chi connectivity index (χ1n) is 7.49. The molecule has 1 fully saturated rings. The number of ether oxygens (including phenoxy) is 1. The van der Waals surface area contributed by atoms with E-state index in [1.807, 2.05) is 25.1 Å². The molecule has 0 saturated carbocycles. The van der Waals surface area contributed by atoms with Gasteiger partial charge in [0.1, 0.15) is 5.75 Å². The molecule has 0 spiro atoms. The summed E-state index contributed by atoms with van der Waals surface area (Å²) in [5.41, 5.74) is 1.61. The molecule has 1 aromatic carbocycles. The molecule has 21 heavy (non-hydrogen) atoms. The summed E-state index contributed by atoms with van der Waals surface area (Å²) in [6, 6.07) is 6.01.